The summed E-state index contributed by atoms with van der Waals surface area (Å²) in [4.78, 5) is 0. The molecule has 0 bridgehead atoms. The standard InChI is InChI=1S/C12H30O7S2Si2/c1-7-13-22(14-8-2,15-9-3)20-19-21-23(16-10-4,17-11-5)18-12-6/h7-12H2,1-6H3. The van der Waals surface area contributed by atoms with Crippen LogP contribution in [-0.2, 0) is 30.2 Å². The molecule has 0 saturated heterocycles. The maximum atomic E-state index is 5.72. The van der Waals surface area contributed by atoms with Crippen LogP contribution in [0.15, 0.2) is 0 Å². The maximum Gasteiger partial charge on any atom is 0.602 e. The summed E-state index contributed by atoms with van der Waals surface area (Å²) in [6.45, 7) is 14.3. The van der Waals surface area contributed by atoms with Gasteiger partial charge in [-0.15, -0.1) is 0 Å². The van der Waals surface area contributed by atoms with Crippen molar-refractivity contribution < 1.29 is 30.2 Å². The van der Waals surface area contributed by atoms with Gasteiger partial charge < -0.3 is 26.6 Å². The summed E-state index contributed by atoms with van der Waals surface area (Å²) < 4.78 is 40.0. The zero-order valence-electron chi connectivity index (χ0n) is 14.9. The van der Waals surface area contributed by atoms with Crippen LogP contribution in [0, 0.1) is 0 Å². The van der Waals surface area contributed by atoms with Crippen LogP contribution >= 0.6 is 23.0 Å². The van der Waals surface area contributed by atoms with Gasteiger partial charge in [0.2, 0.25) is 0 Å². The third kappa shape index (κ3) is 9.21. The average molecular weight is 407 g/mol. The third-order valence-electron chi connectivity index (χ3n) is 2.20. The quantitative estimate of drug-likeness (QED) is 0.283. The minimum Gasteiger partial charge on any atom is -0.364 e. The van der Waals surface area contributed by atoms with Crippen molar-refractivity contribution in [2.75, 3.05) is 39.6 Å². The molecule has 140 valence electrons. The van der Waals surface area contributed by atoms with Gasteiger partial charge in [-0.1, -0.05) is 0 Å². The van der Waals surface area contributed by atoms with Crippen LogP contribution in [0.2, 0.25) is 0 Å². The van der Waals surface area contributed by atoms with Crippen LogP contribution in [0.4, 0.5) is 0 Å². The fourth-order valence-corrected chi connectivity index (χ4v) is 11.0. The lowest BCUT2D eigenvalue weighted by Crippen LogP contribution is -2.45. The predicted molar refractivity (Wildman–Crippen MR) is 97.5 cm³/mol. The minimum atomic E-state index is -2.93. The van der Waals surface area contributed by atoms with E-state index >= 15 is 0 Å². The van der Waals surface area contributed by atoms with E-state index in [0.29, 0.717) is 39.6 Å². The van der Waals surface area contributed by atoms with Crippen LogP contribution < -0.4 is 0 Å². The smallest absolute Gasteiger partial charge is 0.364 e. The zero-order chi connectivity index (χ0) is 17.6. The van der Waals surface area contributed by atoms with Crippen molar-refractivity contribution in [1.29, 1.82) is 0 Å². The Morgan fingerprint density at radius 1 is 0.478 bits per heavy atom. The molecule has 0 unspecified atom stereocenters. The molecule has 0 aromatic heterocycles. The molecule has 11 heteroatoms. The van der Waals surface area contributed by atoms with Gasteiger partial charge in [-0.25, -0.2) is 3.63 Å². The SMILES string of the molecule is CCO[Si](OCC)(OCC)SOS[Si](OCC)(OCC)OCC. The molecule has 0 saturated carbocycles. The monoisotopic (exact) mass is 406 g/mol. The Labute approximate surface area is 150 Å². The summed E-state index contributed by atoms with van der Waals surface area (Å²) in [6, 6.07) is 0. The summed E-state index contributed by atoms with van der Waals surface area (Å²) in [6.07, 6.45) is 0. The normalized spacial score (nSPS) is 12.8. The van der Waals surface area contributed by atoms with Crippen molar-refractivity contribution >= 4 is 38.9 Å². The maximum absolute atomic E-state index is 5.72. The molecule has 0 aliphatic rings. The van der Waals surface area contributed by atoms with Gasteiger partial charge in [-0.05, 0) is 41.5 Å². The van der Waals surface area contributed by atoms with Crippen molar-refractivity contribution in [3.05, 3.63) is 0 Å². The molecule has 0 aliphatic carbocycles. The predicted octanol–water partition coefficient (Wildman–Crippen LogP) is 3.39. The van der Waals surface area contributed by atoms with Crippen LogP contribution in [0.5, 0.6) is 0 Å². The van der Waals surface area contributed by atoms with Crippen LogP contribution in [0.25, 0.3) is 0 Å². The Bertz CT molecular complexity index is 230. The summed E-state index contributed by atoms with van der Waals surface area (Å²) >= 11 is 2.15. The van der Waals surface area contributed by atoms with Crippen molar-refractivity contribution in [1.82, 2.24) is 0 Å². The molecule has 0 atom stereocenters. The van der Waals surface area contributed by atoms with Gasteiger partial charge in [-0.2, -0.15) is 0 Å². The molecular weight excluding hydrogens is 376 g/mol. The largest absolute Gasteiger partial charge is 0.602 e. The number of rotatable bonds is 16. The Kier molecular flexibility index (Phi) is 14.6. The van der Waals surface area contributed by atoms with E-state index in [-0.39, 0.29) is 0 Å². The van der Waals surface area contributed by atoms with E-state index in [1.54, 1.807) is 0 Å². The van der Waals surface area contributed by atoms with E-state index in [4.69, 9.17) is 30.2 Å². The highest BCUT2D eigenvalue weighted by atomic mass is 32.4. The first-order valence-electron chi connectivity index (χ1n) is 7.94. The Morgan fingerprint density at radius 3 is 0.870 bits per heavy atom. The molecule has 0 heterocycles. The van der Waals surface area contributed by atoms with E-state index in [0.717, 1.165) is 23.0 Å². The Hall–Kier alpha value is 0.854. The van der Waals surface area contributed by atoms with Crippen LogP contribution in [0.1, 0.15) is 41.5 Å². The summed E-state index contributed by atoms with van der Waals surface area (Å²) in [5.41, 5.74) is 0. The minimum absolute atomic E-state index is 0.484. The summed E-state index contributed by atoms with van der Waals surface area (Å²) in [7, 11) is -5.87. The van der Waals surface area contributed by atoms with Gasteiger partial charge in [0.05, 0.1) is 23.0 Å². The van der Waals surface area contributed by atoms with Crippen LogP contribution in [0.3, 0.4) is 0 Å². The van der Waals surface area contributed by atoms with Gasteiger partial charge in [0.15, 0.2) is 0 Å². The lowest BCUT2D eigenvalue weighted by molar-refractivity contribution is 0.0943. The molecular formula is C12H30O7S2Si2. The van der Waals surface area contributed by atoms with Gasteiger partial charge in [0.25, 0.3) is 0 Å². The van der Waals surface area contributed by atoms with Gasteiger partial charge in [-0.3, -0.25) is 0 Å². The first kappa shape index (κ1) is 23.9. The lowest BCUT2D eigenvalue weighted by Gasteiger charge is -2.28. The molecule has 0 amide bonds. The van der Waals surface area contributed by atoms with Gasteiger partial charge >= 0.3 is 15.9 Å². The first-order valence-corrected chi connectivity index (χ1v) is 14.3. The number of hydrogen-bond donors (Lipinski definition) is 0. The molecule has 0 radical (unpaired) electrons. The number of hydrogen-bond acceptors (Lipinski definition) is 9. The van der Waals surface area contributed by atoms with Crippen molar-refractivity contribution in [2.45, 2.75) is 41.5 Å². The second-order valence-corrected chi connectivity index (χ2v) is 12.4. The summed E-state index contributed by atoms with van der Waals surface area (Å²) in [5.74, 6) is 0. The highest BCUT2D eigenvalue weighted by molar-refractivity contribution is 8.33. The van der Waals surface area contributed by atoms with Gasteiger partial charge in [0.1, 0.15) is 0 Å². The summed E-state index contributed by atoms with van der Waals surface area (Å²) in [5, 5.41) is 0. The van der Waals surface area contributed by atoms with Crippen LogP contribution in [-0.4, -0.2) is 55.5 Å². The molecule has 23 heavy (non-hydrogen) atoms. The average Bonchev–Trinajstić information content (AvgIpc) is 2.49. The molecule has 0 spiro atoms. The van der Waals surface area contributed by atoms with E-state index in [1.165, 1.54) is 0 Å². The molecule has 0 fully saturated rings. The van der Waals surface area contributed by atoms with E-state index in [2.05, 4.69) is 0 Å². The van der Waals surface area contributed by atoms with E-state index < -0.39 is 15.9 Å². The second kappa shape index (κ2) is 14.1. The molecule has 0 N–H and O–H groups in total. The van der Waals surface area contributed by atoms with Gasteiger partial charge in [0, 0.05) is 39.6 Å². The zero-order valence-corrected chi connectivity index (χ0v) is 18.5. The molecule has 0 aromatic rings. The molecule has 0 rings (SSSR count). The van der Waals surface area contributed by atoms with Crippen molar-refractivity contribution in [3.63, 3.8) is 0 Å². The fourth-order valence-electron chi connectivity index (χ4n) is 1.56. The topological polar surface area (TPSA) is 64.6 Å². The second-order valence-electron chi connectivity index (χ2n) is 3.83. The van der Waals surface area contributed by atoms with E-state index in [9.17, 15) is 0 Å². The molecule has 0 aromatic carbocycles. The van der Waals surface area contributed by atoms with Crippen molar-refractivity contribution in [3.8, 4) is 0 Å². The first-order chi connectivity index (χ1) is 11.1. The lowest BCUT2D eigenvalue weighted by atomic mass is 10.9. The molecule has 7 nitrogen and oxygen atoms in total. The Balaban J connectivity index is 4.82. The third-order valence-corrected chi connectivity index (χ3v) is 11.6. The van der Waals surface area contributed by atoms with Crippen molar-refractivity contribution in [2.24, 2.45) is 0 Å². The molecule has 0 aliphatic heterocycles. The highest BCUT2D eigenvalue weighted by Gasteiger charge is 2.49. The van der Waals surface area contributed by atoms with E-state index in [1.807, 2.05) is 41.5 Å². The highest BCUT2D eigenvalue weighted by Crippen LogP contribution is 2.35. The fraction of sp³-hybridized carbons (Fsp3) is 1.00. The Morgan fingerprint density at radius 2 is 0.696 bits per heavy atom.